The summed E-state index contributed by atoms with van der Waals surface area (Å²) in [6.45, 7) is 0. The molecule has 6 nitrogen and oxygen atoms in total. The molecule has 14 rings (SSSR count). The van der Waals surface area contributed by atoms with Gasteiger partial charge in [0, 0.05) is 27.6 Å². The van der Waals surface area contributed by atoms with E-state index in [0.717, 1.165) is 66.0 Å². The average Bonchev–Trinajstić information content (AvgIpc) is 3.78. The maximum atomic E-state index is 14.2. The molecule has 0 radical (unpaired) electrons. The van der Waals surface area contributed by atoms with Crippen molar-refractivity contribution in [2.75, 3.05) is 0 Å². The van der Waals surface area contributed by atoms with Crippen molar-refractivity contribution in [1.82, 2.24) is 18.9 Å². The molecule has 10 aromatic rings. The Balaban J connectivity index is 1.09. The number of hydrogen-bond acceptors (Lipinski definition) is 4. The molecule has 0 spiro atoms. The van der Waals surface area contributed by atoms with Crippen molar-refractivity contribution in [3.63, 3.8) is 0 Å². The number of para-hydroxylation sites is 4. The first kappa shape index (κ1) is 26.0. The van der Waals surface area contributed by atoms with E-state index in [1.54, 1.807) is 4.40 Å². The number of imidazole rings is 2. The molecule has 52 heavy (non-hydrogen) atoms. The summed E-state index contributed by atoms with van der Waals surface area (Å²) in [6, 6.07) is 33.5. The van der Waals surface area contributed by atoms with Crippen molar-refractivity contribution in [2.24, 2.45) is 5.92 Å². The van der Waals surface area contributed by atoms with Crippen LogP contribution in [0, 0.1) is 5.92 Å². The molecule has 0 fully saturated rings. The summed E-state index contributed by atoms with van der Waals surface area (Å²) < 4.78 is 3.59. The minimum Gasteiger partial charge on any atom is -0.273 e. The van der Waals surface area contributed by atoms with Gasteiger partial charge in [0.15, 0.2) is 0 Å². The molecule has 1 aliphatic heterocycles. The second kappa shape index (κ2) is 8.33. The highest BCUT2D eigenvalue weighted by Crippen LogP contribution is 2.57. The molecule has 0 saturated heterocycles. The maximum Gasteiger partial charge on any atom is 0.264 e. The average molecular weight is 663 g/mol. The number of carbonyl (C=O) groups is 1. The summed E-state index contributed by atoms with van der Waals surface area (Å²) in [6.07, 6.45) is 8.82. The van der Waals surface area contributed by atoms with Crippen LogP contribution in [0.2, 0.25) is 0 Å². The van der Waals surface area contributed by atoms with Gasteiger partial charge in [-0.25, -0.2) is 9.97 Å². The van der Waals surface area contributed by atoms with E-state index in [-0.39, 0.29) is 23.3 Å². The minimum absolute atomic E-state index is 0.0177. The molecule has 2 atom stereocenters. The van der Waals surface area contributed by atoms with Crippen LogP contribution in [0.4, 0.5) is 0 Å². The Kier molecular flexibility index (Phi) is 4.16. The van der Waals surface area contributed by atoms with Crippen molar-refractivity contribution in [3.8, 4) is 0 Å². The van der Waals surface area contributed by atoms with Crippen LogP contribution in [-0.2, 0) is 0 Å². The summed E-state index contributed by atoms with van der Waals surface area (Å²) in [5.41, 5.74) is 11.0. The molecular formula is C46H22N4O2. The fourth-order valence-corrected chi connectivity index (χ4v) is 10.5. The first-order chi connectivity index (χ1) is 25.7. The Morgan fingerprint density at radius 1 is 0.519 bits per heavy atom. The fraction of sp³-hybridized carbons (Fsp3) is 0.0435. The van der Waals surface area contributed by atoms with E-state index >= 15 is 0 Å². The van der Waals surface area contributed by atoms with Crippen molar-refractivity contribution in [1.29, 1.82) is 0 Å². The lowest BCUT2D eigenvalue weighted by Gasteiger charge is -2.40. The first-order valence-electron chi connectivity index (χ1n) is 17.8. The lowest BCUT2D eigenvalue weighted by Crippen LogP contribution is -2.33. The number of fused-ring (bicyclic) bond motifs is 12. The summed E-state index contributed by atoms with van der Waals surface area (Å²) in [5, 5.41) is 11.0. The number of carbonyl (C=O) groups excluding carboxylic acids is 1. The van der Waals surface area contributed by atoms with Gasteiger partial charge in [-0.15, -0.1) is 0 Å². The summed E-state index contributed by atoms with van der Waals surface area (Å²) in [7, 11) is 0. The van der Waals surface area contributed by atoms with E-state index in [9.17, 15) is 9.59 Å². The molecule has 3 aliphatic carbocycles. The van der Waals surface area contributed by atoms with Gasteiger partial charge in [0.25, 0.3) is 5.56 Å². The quantitative estimate of drug-likeness (QED) is 0.120. The first-order valence-corrected chi connectivity index (χ1v) is 17.8. The number of nitrogens with zero attached hydrogens (tertiary/aromatic N) is 4. The summed E-state index contributed by atoms with van der Waals surface area (Å²) in [4.78, 5) is 38.4. The molecule has 0 saturated carbocycles. The third-order valence-electron chi connectivity index (χ3n) is 12.5. The highest BCUT2D eigenvalue weighted by Gasteiger charge is 2.44. The van der Waals surface area contributed by atoms with E-state index in [2.05, 4.69) is 66.8 Å². The maximum absolute atomic E-state index is 14.2. The largest absolute Gasteiger partial charge is 0.273 e. The smallest absolute Gasteiger partial charge is 0.264 e. The number of allylic oxidation sites excluding steroid dienone is 8. The minimum atomic E-state index is -0.358. The fourth-order valence-electron chi connectivity index (χ4n) is 10.5. The van der Waals surface area contributed by atoms with E-state index < -0.39 is 0 Å². The summed E-state index contributed by atoms with van der Waals surface area (Å²) in [5.74, 6) is 0.448. The van der Waals surface area contributed by atoms with Gasteiger partial charge in [-0.3, -0.25) is 18.6 Å². The Bertz CT molecular complexity index is 3610. The molecule has 3 aromatic heterocycles. The molecule has 7 aromatic carbocycles. The summed E-state index contributed by atoms with van der Waals surface area (Å²) >= 11 is 0. The van der Waals surface area contributed by atoms with Crippen molar-refractivity contribution in [2.45, 2.75) is 5.92 Å². The molecule has 4 heterocycles. The number of benzene rings is 7. The van der Waals surface area contributed by atoms with Gasteiger partial charge in [0.2, 0.25) is 5.91 Å². The van der Waals surface area contributed by atoms with E-state index in [0.29, 0.717) is 11.0 Å². The normalized spacial score (nSPS) is 19.0. The molecule has 6 heteroatoms. The zero-order valence-corrected chi connectivity index (χ0v) is 27.3. The standard InChI is InChI=1S/C46H22N4O2/c51-45-31-19-15-27-23-11-12-24-28-16-20-32-42-30(44-48-34-6-2-4-8-36(34)50(44)46(32)52)18-14-26(40(28)42)22-10-9-21(37(23)38(22)24)25-13-17-29(41(31)39(25)27)43-47-33-5-1-3-7-35(33)49(43)45/h1-20,25,31H. The van der Waals surface area contributed by atoms with Gasteiger partial charge >= 0.3 is 0 Å². The molecular weight excluding hydrogens is 641 g/mol. The van der Waals surface area contributed by atoms with Gasteiger partial charge < -0.3 is 0 Å². The number of hydrogen-bond donors (Lipinski definition) is 0. The highest BCUT2D eigenvalue weighted by atomic mass is 16.2. The van der Waals surface area contributed by atoms with Gasteiger partial charge in [-0.05, 0) is 102 Å². The topological polar surface area (TPSA) is 69.3 Å². The third kappa shape index (κ3) is 2.67. The predicted octanol–water partition coefficient (Wildman–Crippen LogP) is 9.55. The van der Waals surface area contributed by atoms with E-state index in [1.807, 2.05) is 59.2 Å². The van der Waals surface area contributed by atoms with Crippen LogP contribution in [0.25, 0.3) is 92.7 Å². The Hall–Kier alpha value is -6.92. The van der Waals surface area contributed by atoms with Crippen molar-refractivity contribution in [3.05, 3.63) is 160 Å². The van der Waals surface area contributed by atoms with Crippen LogP contribution < -0.4 is 5.56 Å². The van der Waals surface area contributed by atoms with Crippen LogP contribution in [0.3, 0.4) is 0 Å². The number of rotatable bonds is 0. The zero-order chi connectivity index (χ0) is 33.7. The highest BCUT2D eigenvalue weighted by molar-refractivity contribution is 6.38. The van der Waals surface area contributed by atoms with E-state index in [1.165, 1.54) is 43.8 Å². The SMILES string of the molecule is O=C1C2C=CC3=C4C2=C(C=CC4c2ccc4c5ccc6c7c(ccc(c8ccc3c2c84)c57)c(=O)n2c3ccccc3nc62)c2nc3ccccc3n21. The van der Waals surface area contributed by atoms with Crippen molar-refractivity contribution < 1.29 is 4.79 Å². The molecule has 0 bridgehead atoms. The number of aromatic nitrogens is 4. The van der Waals surface area contributed by atoms with Crippen LogP contribution in [-0.4, -0.2) is 24.8 Å². The lowest BCUT2D eigenvalue weighted by molar-refractivity contribution is 0.0878. The number of pyridine rings is 1. The van der Waals surface area contributed by atoms with Crippen LogP contribution in [0.1, 0.15) is 27.7 Å². The molecule has 2 unspecified atom stereocenters. The van der Waals surface area contributed by atoms with Crippen LogP contribution in [0.5, 0.6) is 0 Å². The molecule has 4 aliphatic rings. The Morgan fingerprint density at radius 3 is 1.94 bits per heavy atom. The Labute approximate surface area is 293 Å². The van der Waals surface area contributed by atoms with Gasteiger partial charge in [0.1, 0.15) is 11.5 Å². The van der Waals surface area contributed by atoms with Gasteiger partial charge in [0.05, 0.1) is 28.0 Å². The lowest BCUT2D eigenvalue weighted by atomic mass is 9.65. The molecule has 238 valence electrons. The van der Waals surface area contributed by atoms with Gasteiger partial charge in [-0.2, -0.15) is 0 Å². The molecule has 0 N–H and O–H groups in total. The van der Waals surface area contributed by atoms with Crippen molar-refractivity contribution >= 4 is 98.6 Å². The second-order valence-corrected chi connectivity index (χ2v) is 14.7. The Morgan fingerprint density at radius 2 is 1.12 bits per heavy atom. The van der Waals surface area contributed by atoms with E-state index in [4.69, 9.17) is 9.97 Å². The molecule has 0 amide bonds. The van der Waals surface area contributed by atoms with Crippen LogP contribution in [0.15, 0.2) is 137 Å². The monoisotopic (exact) mass is 662 g/mol. The predicted molar refractivity (Wildman–Crippen MR) is 208 cm³/mol. The van der Waals surface area contributed by atoms with Crippen LogP contribution >= 0.6 is 0 Å². The third-order valence-corrected chi connectivity index (χ3v) is 12.5. The second-order valence-electron chi connectivity index (χ2n) is 14.7. The zero-order valence-electron chi connectivity index (χ0n) is 27.3. The van der Waals surface area contributed by atoms with Gasteiger partial charge in [-0.1, -0.05) is 85.0 Å².